The molecule has 1 atom stereocenters. The summed E-state index contributed by atoms with van der Waals surface area (Å²) in [5, 5.41) is 9.20. The molecule has 1 heterocycles. The predicted octanol–water partition coefficient (Wildman–Crippen LogP) is 3.26. The minimum absolute atomic E-state index is 0.532. The molecule has 86 valence electrons. The highest BCUT2D eigenvalue weighted by Gasteiger charge is 2.31. The first kappa shape index (κ1) is 11.5. The Morgan fingerprint density at radius 1 is 1.50 bits per heavy atom. The molecule has 0 aromatic heterocycles. The van der Waals surface area contributed by atoms with Crippen LogP contribution >= 0.6 is 11.8 Å². The maximum absolute atomic E-state index is 11.2. The molecule has 0 amide bonds. The first-order valence-electron chi connectivity index (χ1n) is 5.43. The molecular weight excluding hydrogens is 220 g/mol. The topological polar surface area (TPSA) is 37.3 Å². The minimum atomic E-state index is -0.804. The van der Waals surface area contributed by atoms with Crippen LogP contribution in [0, 0.1) is 0 Å². The van der Waals surface area contributed by atoms with Crippen molar-refractivity contribution in [2.24, 2.45) is 0 Å². The first-order valence-corrected chi connectivity index (χ1v) is 6.42. The number of hydrogen-bond acceptors (Lipinski definition) is 2. The number of carboxylic acid groups (broad SMARTS) is 1. The second-order valence-electron chi connectivity index (χ2n) is 4.89. The molecule has 1 aliphatic rings. The molecule has 1 aliphatic heterocycles. The maximum atomic E-state index is 11.2. The second kappa shape index (κ2) is 3.81. The van der Waals surface area contributed by atoms with E-state index in [1.165, 1.54) is 10.5 Å². The van der Waals surface area contributed by atoms with Crippen LogP contribution in [0.15, 0.2) is 23.1 Å². The lowest BCUT2D eigenvalue weighted by atomic mass is 9.83. The maximum Gasteiger partial charge on any atom is 0.313 e. The lowest BCUT2D eigenvalue weighted by Gasteiger charge is -2.21. The van der Waals surface area contributed by atoms with E-state index in [1.807, 2.05) is 17.8 Å². The number of hydrogen-bond donors (Lipinski definition) is 1. The third-order valence-electron chi connectivity index (χ3n) is 3.29. The second-order valence-corrected chi connectivity index (χ2v) is 5.96. The molecule has 1 unspecified atom stereocenters. The molecule has 16 heavy (non-hydrogen) atoms. The summed E-state index contributed by atoms with van der Waals surface area (Å²) in [6, 6.07) is 6.07. The van der Waals surface area contributed by atoms with Crippen molar-refractivity contribution in [3.63, 3.8) is 0 Å². The summed E-state index contributed by atoms with van der Waals surface area (Å²) in [5.41, 5.74) is 1.40. The Kier molecular flexibility index (Phi) is 2.74. The summed E-state index contributed by atoms with van der Waals surface area (Å²) in [7, 11) is 0. The third kappa shape index (κ3) is 1.73. The van der Waals surface area contributed by atoms with Gasteiger partial charge in [-0.2, -0.15) is 0 Å². The van der Waals surface area contributed by atoms with Crippen LogP contribution in [0.4, 0.5) is 0 Å². The minimum Gasteiger partial charge on any atom is -0.481 e. The molecule has 0 radical (unpaired) electrons. The fourth-order valence-electron chi connectivity index (χ4n) is 1.88. The Hall–Kier alpha value is -0.960. The quantitative estimate of drug-likeness (QED) is 0.856. The molecule has 0 saturated heterocycles. The summed E-state index contributed by atoms with van der Waals surface area (Å²) in [5.74, 6) is 0.863. The Labute approximate surface area is 100 Å². The van der Waals surface area contributed by atoms with Crippen molar-refractivity contribution in [1.82, 2.24) is 0 Å². The van der Waals surface area contributed by atoms with Crippen molar-refractivity contribution < 1.29 is 9.90 Å². The van der Waals surface area contributed by atoms with E-state index in [9.17, 15) is 9.90 Å². The highest BCUT2D eigenvalue weighted by atomic mass is 32.2. The fourth-order valence-corrected chi connectivity index (χ4v) is 3.08. The van der Waals surface area contributed by atoms with E-state index < -0.39 is 11.4 Å². The summed E-state index contributed by atoms with van der Waals surface area (Å²) in [6.45, 7) is 5.70. The Bertz CT molecular complexity index is 438. The molecule has 2 nitrogen and oxygen atoms in total. The van der Waals surface area contributed by atoms with Crippen molar-refractivity contribution in [1.29, 1.82) is 0 Å². The zero-order valence-electron chi connectivity index (χ0n) is 9.78. The highest BCUT2D eigenvalue weighted by molar-refractivity contribution is 7.99. The summed E-state index contributed by atoms with van der Waals surface area (Å²) in [6.07, 6.45) is 0. The van der Waals surface area contributed by atoms with Crippen LogP contribution < -0.4 is 0 Å². The predicted molar refractivity (Wildman–Crippen MR) is 66.2 cm³/mol. The van der Waals surface area contributed by atoms with Gasteiger partial charge in [0.05, 0.1) is 5.41 Å². The van der Waals surface area contributed by atoms with Crippen LogP contribution in [-0.4, -0.2) is 16.8 Å². The van der Waals surface area contributed by atoms with E-state index in [0.29, 0.717) is 5.92 Å². The van der Waals surface area contributed by atoms with Gasteiger partial charge < -0.3 is 5.11 Å². The number of thioether (sulfide) groups is 1. The van der Waals surface area contributed by atoms with E-state index in [0.717, 1.165) is 11.3 Å². The summed E-state index contributed by atoms with van der Waals surface area (Å²) >= 11 is 1.86. The van der Waals surface area contributed by atoms with E-state index in [2.05, 4.69) is 19.1 Å². The van der Waals surface area contributed by atoms with Gasteiger partial charge in [0.2, 0.25) is 0 Å². The Balaban J connectivity index is 2.46. The zero-order chi connectivity index (χ0) is 11.9. The average molecular weight is 236 g/mol. The monoisotopic (exact) mass is 236 g/mol. The molecule has 1 aromatic carbocycles. The van der Waals surface area contributed by atoms with E-state index in [4.69, 9.17) is 0 Å². The lowest BCUT2D eigenvalue weighted by molar-refractivity contribution is -0.142. The van der Waals surface area contributed by atoms with Gasteiger partial charge in [-0.15, -0.1) is 11.8 Å². The molecule has 1 aromatic rings. The normalized spacial score (nSPS) is 19.6. The van der Waals surface area contributed by atoms with Crippen molar-refractivity contribution >= 4 is 17.7 Å². The van der Waals surface area contributed by atoms with Gasteiger partial charge in [-0.25, -0.2) is 0 Å². The summed E-state index contributed by atoms with van der Waals surface area (Å²) < 4.78 is 0. The van der Waals surface area contributed by atoms with E-state index in [1.54, 1.807) is 13.8 Å². The van der Waals surface area contributed by atoms with Gasteiger partial charge in [0.1, 0.15) is 0 Å². The van der Waals surface area contributed by atoms with Gasteiger partial charge in [-0.1, -0.05) is 19.1 Å². The van der Waals surface area contributed by atoms with Gasteiger partial charge in [0.15, 0.2) is 0 Å². The number of carbonyl (C=O) groups is 1. The number of aliphatic carboxylic acids is 1. The van der Waals surface area contributed by atoms with Crippen LogP contribution in [0.2, 0.25) is 0 Å². The third-order valence-corrected chi connectivity index (χ3v) is 4.64. The molecular formula is C13H16O2S. The van der Waals surface area contributed by atoms with Crippen LogP contribution in [-0.2, 0) is 10.2 Å². The van der Waals surface area contributed by atoms with Gasteiger partial charge in [0, 0.05) is 10.6 Å². The molecule has 2 rings (SSSR count). The SMILES string of the molecule is CC1CSc2ccc(C(C)(C)C(=O)O)cc21. The van der Waals surface area contributed by atoms with Crippen molar-refractivity contribution in [3.8, 4) is 0 Å². The van der Waals surface area contributed by atoms with Crippen LogP contribution in [0.5, 0.6) is 0 Å². The molecule has 0 saturated carbocycles. The fraction of sp³-hybridized carbons (Fsp3) is 0.462. The van der Waals surface area contributed by atoms with Crippen molar-refractivity contribution in [2.75, 3.05) is 5.75 Å². The van der Waals surface area contributed by atoms with Gasteiger partial charge >= 0.3 is 5.97 Å². The first-order chi connectivity index (χ1) is 7.43. The number of rotatable bonds is 2. The Morgan fingerprint density at radius 3 is 2.81 bits per heavy atom. The van der Waals surface area contributed by atoms with Crippen LogP contribution in [0.25, 0.3) is 0 Å². The Morgan fingerprint density at radius 2 is 2.19 bits per heavy atom. The molecule has 0 spiro atoms. The lowest BCUT2D eigenvalue weighted by Crippen LogP contribution is -2.28. The number of benzene rings is 1. The molecule has 0 bridgehead atoms. The standard InChI is InChI=1S/C13H16O2S/c1-8-7-16-11-5-4-9(6-10(8)11)13(2,3)12(14)15/h4-6,8H,7H2,1-3H3,(H,14,15). The average Bonchev–Trinajstić information content (AvgIpc) is 2.60. The highest BCUT2D eigenvalue weighted by Crippen LogP contribution is 2.41. The number of carboxylic acids is 1. The van der Waals surface area contributed by atoms with Gasteiger partial charge in [0.25, 0.3) is 0 Å². The van der Waals surface area contributed by atoms with Gasteiger partial charge in [-0.05, 0) is 37.0 Å². The van der Waals surface area contributed by atoms with Gasteiger partial charge in [-0.3, -0.25) is 4.79 Å². The van der Waals surface area contributed by atoms with E-state index >= 15 is 0 Å². The number of fused-ring (bicyclic) bond motifs is 1. The molecule has 0 aliphatic carbocycles. The molecule has 0 fully saturated rings. The van der Waals surface area contributed by atoms with E-state index in [-0.39, 0.29) is 0 Å². The largest absolute Gasteiger partial charge is 0.481 e. The molecule has 1 N–H and O–H groups in total. The summed E-state index contributed by atoms with van der Waals surface area (Å²) in [4.78, 5) is 12.5. The zero-order valence-corrected chi connectivity index (χ0v) is 10.6. The smallest absolute Gasteiger partial charge is 0.313 e. The molecule has 3 heteroatoms. The van der Waals surface area contributed by atoms with Crippen molar-refractivity contribution in [3.05, 3.63) is 29.3 Å². The van der Waals surface area contributed by atoms with Crippen molar-refractivity contribution in [2.45, 2.75) is 37.0 Å². The van der Waals surface area contributed by atoms with Crippen LogP contribution in [0.3, 0.4) is 0 Å². The van der Waals surface area contributed by atoms with Crippen LogP contribution in [0.1, 0.15) is 37.8 Å².